The van der Waals surface area contributed by atoms with Gasteiger partial charge in [0.2, 0.25) is 0 Å². The largest absolute Gasteiger partial charge is 0.490 e. The molecule has 1 saturated heterocycles. The fourth-order valence-electron chi connectivity index (χ4n) is 3.03. The van der Waals surface area contributed by atoms with Crippen molar-refractivity contribution >= 4 is 11.9 Å². The number of amides is 1. The molecule has 2 aliphatic rings. The molecule has 1 atom stereocenters. The number of rotatable bonds is 3. The average Bonchev–Trinajstić information content (AvgIpc) is 3.26. The topological polar surface area (TPSA) is 92.9 Å². The molecular formula is C18H23F3N2O4. The summed E-state index contributed by atoms with van der Waals surface area (Å²) < 4.78 is 37.6. The average molecular weight is 388 g/mol. The van der Waals surface area contributed by atoms with Gasteiger partial charge in [-0.2, -0.15) is 13.2 Å². The third-order valence-electron chi connectivity index (χ3n) is 4.46. The van der Waals surface area contributed by atoms with Crippen LogP contribution in [0.1, 0.15) is 42.5 Å². The van der Waals surface area contributed by atoms with Crippen molar-refractivity contribution in [2.75, 3.05) is 13.1 Å². The zero-order valence-corrected chi connectivity index (χ0v) is 14.7. The molecule has 1 amide bonds. The molecule has 3 N–H and O–H groups in total. The van der Waals surface area contributed by atoms with E-state index in [-0.39, 0.29) is 11.9 Å². The number of aliphatic carboxylic acids is 1. The molecule has 6 nitrogen and oxygen atoms in total. The van der Waals surface area contributed by atoms with Gasteiger partial charge in [-0.05, 0) is 56.4 Å². The predicted octanol–water partition coefficient (Wildman–Crippen LogP) is 2.81. The Kier molecular flexibility index (Phi) is 7.06. The Bertz CT molecular complexity index is 643. The lowest BCUT2D eigenvalue weighted by atomic mass is 10.2. The first-order chi connectivity index (χ1) is 12.7. The quantitative estimate of drug-likeness (QED) is 0.831. The van der Waals surface area contributed by atoms with Crippen LogP contribution in [0, 0.1) is 0 Å². The highest BCUT2D eigenvalue weighted by molar-refractivity contribution is 5.94. The lowest BCUT2D eigenvalue weighted by Crippen LogP contribution is -2.31. The van der Waals surface area contributed by atoms with Crippen LogP contribution in [0.2, 0.25) is 0 Å². The second kappa shape index (κ2) is 9.07. The molecule has 3 rings (SSSR count). The molecule has 2 fully saturated rings. The van der Waals surface area contributed by atoms with E-state index in [9.17, 15) is 18.0 Å². The summed E-state index contributed by atoms with van der Waals surface area (Å²) >= 11 is 0. The van der Waals surface area contributed by atoms with Crippen molar-refractivity contribution in [3.63, 3.8) is 0 Å². The second-order valence-corrected chi connectivity index (χ2v) is 6.65. The molecule has 0 unspecified atom stereocenters. The van der Waals surface area contributed by atoms with Crippen LogP contribution in [0.3, 0.4) is 0 Å². The van der Waals surface area contributed by atoms with Gasteiger partial charge in [0.25, 0.3) is 5.91 Å². The number of carboxylic acid groups (broad SMARTS) is 1. The van der Waals surface area contributed by atoms with Crippen LogP contribution in [-0.4, -0.2) is 53.3 Å². The summed E-state index contributed by atoms with van der Waals surface area (Å²) in [4.78, 5) is 23.0. The standard InChI is InChI=1S/C16H22N2O2.C2HF3O2/c17-13-9-10-18(11-13)16(19)12-5-7-15(8-6-12)20-14-3-1-2-4-14;3-2(4,5)1(6)7/h5-8,13-14H,1-4,9-11,17H2;(H,6,7)/t13-;/m1./s1. The summed E-state index contributed by atoms with van der Waals surface area (Å²) in [5.41, 5.74) is 6.56. The minimum Gasteiger partial charge on any atom is -0.490 e. The van der Waals surface area contributed by atoms with Crippen molar-refractivity contribution in [1.29, 1.82) is 0 Å². The maximum atomic E-state index is 12.3. The van der Waals surface area contributed by atoms with Crippen LogP contribution in [0.15, 0.2) is 24.3 Å². The van der Waals surface area contributed by atoms with E-state index in [1.807, 2.05) is 29.2 Å². The van der Waals surface area contributed by atoms with Crippen molar-refractivity contribution in [2.45, 2.75) is 50.4 Å². The van der Waals surface area contributed by atoms with Crippen molar-refractivity contribution < 1.29 is 32.6 Å². The first kappa shape index (κ1) is 21.0. The fraction of sp³-hybridized carbons (Fsp3) is 0.556. The molecule has 1 saturated carbocycles. The lowest BCUT2D eigenvalue weighted by Gasteiger charge is -2.17. The number of carbonyl (C=O) groups is 2. The van der Waals surface area contributed by atoms with Crippen LogP contribution in [0.4, 0.5) is 13.2 Å². The van der Waals surface area contributed by atoms with E-state index in [0.29, 0.717) is 12.6 Å². The molecule has 1 aliphatic heterocycles. The minimum atomic E-state index is -5.08. The Balaban J connectivity index is 0.000000321. The molecule has 1 heterocycles. The Morgan fingerprint density at radius 2 is 1.67 bits per heavy atom. The van der Waals surface area contributed by atoms with E-state index in [1.54, 1.807) is 0 Å². The fourth-order valence-corrected chi connectivity index (χ4v) is 3.03. The number of ether oxygens (including phenoxy) is 1. The number of alkyl halides is 3. The Labute approximate surface area is 155 Å². The maximum Gasteiger partial charge on any atom is 0.490 e. The smallest absolute Gasteiger partial charge is 0.490 e. The van der Waals surface area contributed by atoms with Gasteiger partial charge in [0, 0.05) is 24.7 Å². The third-order valence-corrected chi connectivity index (χ3v) is 4.46. The molecule has 1 aliphatic carbocycles. The van der Waals surface area contributed by atoms with E-state index < -0.39 is 12.1 Å². The number of benzene rings is 1. The van der Waals surface area contributed by atoms with Crippen molar-refractivity contribution in [1.82, 2.24) is 4.90 Å². The van der Waals surface area contributed by atoms with Gasteiger partial charge >= 0.3 is 12.1 Å². The molecule has 0 bridgehead atoms. The first-order valence-corrected chi connectivity index (χ1v) is 8.78. The van der Waals surface area contributed by atoms with Gasteiger partial charge in [-0.15, -0.1) is 0 Å². The number of hydrogen-bond acceptors (Lipinski definition) is 4. The highest BCUT2D eigenvalue weighted by Crippen LogP contribution is 2.24. The number of halogens is 3. The van der Waals surface area contributed by atoms with Crippen molar-refractivity contribution in [3.05, 3.63) is 29.8 Å². The number of hydrogen-bond donors (Lipinski definition) is 2. The van der Waals surface area contributed by atoms with E-state index in [1.165, 1.54) is 12.8 Å². The summed E-state index contributed by atoms with van der Waals surface area (Å²) in [5.74, 6) is -1.82. The van der Waals surface area contributed by atoms with Crippen LogP contribution < -0.4 is 10.5 Å². The zero-order valence-electron chi connectivity index (χ0n) is 14.7. The molecule has 9 heteroatoms. The highest BCUT2D eigenvalue weighted by atomic mass is 19.4. The van der Waals surface area contributed by atoms with Crippen LogP contribution >= 0.6 is 0 Å². The summed E-state index contributed by atoms with van der Waals surface area (Å²) in [6, 6.07) is 7.65. The number of nitrogens with two attached hydrogens (primary N) is 1. The van der Waals surface area contributed by atoms with Crippen LogP contribution in [0.5, 0.6) is 5.75 Å². The number of nitrogens with zero attached hydrogens (tertiary/aromatic N) is 1. The van der Waals surface area contributed by atoms with E-state index in [2.05, 4.69) is 0 Å². The van der Waals surface area contributed by atoms with Crippen LogP contribution in [-0.2, 0) is 4.79 Å². The Morgan fingerprint density at radius 3 is 2.11 bits per heavy atom. The molecule has 0 radical (unpaired) electrons. The predicted molar refractivity (Wildman–Crippen MR) is 91.5 cm³/mol. The normalized spacial score (nSPS) is 20.1. The van der Waals surface area contributed by atoms with Gasteiger partial charge in [-0.3, -0.25) is 4.79 Å². The van der Waals surface area contributed by atoms with Gasteiger partial charge in [-0.1, -0.05) is 0 Å². The van der Waals surface area contributed by atoms with E-state index >= 15 is 0 Å². The lowest BCUT2D eigenvalue weighted by molar-refractivity contribution is -0.192. The summed E-state index contributed by atoms with van der Waals surface area (Å²) in [6.07, 6.45) is 0.980. The third kappa shape index (κ3) is 6.42. The minimum absolute atomic E-state index is 0.0744. The molecule has 150 valence electrons. The molecule has 1 aromatic carbocycles. The summed E-state index contributed by atoms with van der Waals surface area (Å²) in [5, 5.41) is 7.12. The van der Waals surface area contributed by atoms with E-state index in [0.717, 1.165) is 37.1 Å². The Morgan fingerprint density at radius 1 is 1.11 bits per heavy atom. The maximum absolute atomic E-state index is 12.3. The first-order valence-electron chi connectivity index (χ1n) is 8.78. The number of carbonyl (C=O) groups excluding carboxylic acids is 1. The number of likely N-dealkylation sites (tertiary alicyclic amines) is 1. The number of carboxylic acids is 1. The second-order valence-electron chi connectivity index (χ2n) is 6.65. The molecule has 0 aromatic heterocycles. The molecule has 1 aromatic rings. The van der Waals surface area contributed by atoms with E-state index in [4.69, 9.17) is 20.4 Å². The molecule has 0 spiro atoms. The molecule has 27 heavy (non-hydrogen) atoms. The van der Waals surface area contributed by atoms with Crippen molar-refractivity contribution in [2.24, 2.45) is 5.73 Å². The van der Waals surface area contributed by atoms with Gasteiger partial charge in [0.1, 0.15) is 5.75 Å². The Hall–Kier alpha value is -2.29. The molecular weight excluding hydrogens is 365 g/mol. The monoisotopic (exact) mass is 388 g/mol. The van der Waals surface area contributed by atoms with Gasteiger partial charge in [-0.25, -0.2) is 4.79 Å². The van der Waals surface area contributed by atoms with Gasteiger partial charge in [0.05, 0.1) is 6.10 Å². The zero-order chi connectivity index (χ0) is 20.0. The SMILES string of the molecule is N[C@@H]1CCN(C(=O)c2ccc(OC3CCCC3)cc2)C1.O=C(O)C(F)(F)F. The van der Waals surface area contributed by atoms with Crippen LogP contribution in [0.25, 0.3) is 0 Å². The van der Waals surface area contributed by atoms with Gasteiger partial charge in [0.15, 0.2) is 0 Å². The van der Waals surface area contributed by atoms with Gasteiger partial charge < -0.3 is 20.5 Å². The summed E-state index contributed by atoms with van der Waals surface area (Å²) in [7, 11) is 0. The van der Waals surface area contributed by atoms with Crippen molar-refractivity contribution in [3.8, 4) is 5.75 Å². The summed E-state index contributed by atoms with van der Waals surface area (Å²) in [6.45, 7) is 1.43. The highest BCUT2D eigenvalue weighted by Gasteiger charge is 2.38.